The summed E-state index contributed by atoms with van der Waals surface area (Å²) in [6, 6.07) is 8.25. The Morgan fingerprint density at radius 2 is 1.86 bits per heavy atom. The van der Waals surface area contributed by atoms with Gasteiger partial charge in [0.05, 0.1) is 17.6 Å². The van der Waals surface area contributed by atoms with Gasteiger partial charge in [-0.15, -0.1) is 0 Å². The van der Waals surface area contributed by atoms with Crippen molar-refractivity contribution in [2.75, 3.05) is 33.3 Å². The van der Waals surface area contributed by atoms with Crippen LogP contribution >= 0.6 is 11.6 Å². The highest BCUT2D eigenvalue weighted by Gasteiger charge is 2.26. The summed E-state index contributed by atoms with van der Waals surface area (Å²) in [7, 11) is -2.53. The molecule has 0 atom stereocenters. The first kappa shape index (κ1) is 21.5. The van der Waals surface area contributed by atoms with E-state index >= 15 is 0 Å². The van der Waals surface area contributed by atoms with Crippen molar-refractivity contribution in [3.63, 3.8) is 0 Å². The minimum absolute atomic E-state index is 0.147. The number of rotatable bonds is 5. The number of nitrogens with zero attached hydrogens (tertiary/aromatic N) is 2. The number of sulfonamides is 1. The van der Waals surface area contributed by atoms with Crippen molar-refractivity contribution in [3.8, 4) is 5.75 Å². The van der Waals surface area contributed by atoms with Gasteiger partial charge in [0.2, 0.25) is 10.0 Å². The number of amides is 1. The van der Waals surface area contributed by atoms with Crippen LogP contribution in [0.5, 0.6) is 5.75 Å². The SMILES string of the molecule is COc1ccc(S(N)(=O)=O)cc1C(=O)N1CCN(Cc2ccc(F)cc2Cl)CC1. The van der Waals surface area contributed by atoms with Crippen molar-refractivity contribution in [2.45, 2.75) is 11.4 Å². The molecular weight excluding hydrogens is 421 g/mol. The van der Waals surface area contributed by atoms with Crippen LogP contribution in [0.1, 0.15) is 15.9 Å². The summed E-state index contributed by atoms with van der Waals surface area (Å²) in [5.41, 5.74) is 0.962. The molecule has 1 heterocycles. The van der Waals surface area contributed by atoms with Gasteiger partial charge >= 0.3 is 0 Å². The number of primary sulfonamides is 1. The van der Waals surface area contributed by atoms with E-state index in [0.717, 1.165) is 5.56 Å². The zero-order chi connectivity index (χ0) is 21.2. The third kappa shape index (κ3) is 5.05. The van der Waals surface area contributed by atoms with Crippen LogP contribution in [0, 0.1) is 5.82 Å². The van der Waals surface area contributed by atoms with Crippen LogP contribution < -0.4 is 9.88 Å². The summed E-state index contributed by atoms with van der Waals surface area (Å²) in [6.45, 7) is 2.62. The first-order valence-electron chi connectivity index (χ1n) is 8.85. The minimum atomic E-state index is -3.94. The number of hydrogen-bond donors (Lipinski definition) is 1. The fraction of sp³-hybridized carbons (Fsp3) is 0.316. The minimum Gasteiger partial charge on any atom is -0.496 e. The molecule has 0 unspecified atom stereocenters. The Morgan fingerprint density at radius 3 is 2.45 bits per heavy atom. The highest BCUT2D eigenvalue weighted by atomic mass is 35.5. The van der Waals surface area contributed by atoms with E-state index in [2.05, 4.69) is 4.90 Å². The van der Waals surface area contributed by atoms with Crippen molar-refractivity contribution < 1.29 is 22.3 Å². The molecule has 0 aromatic heterocycles. The molecule has 1 amide bonds. The zero-order valence-corrected chi connectivity index (χ0v) is 17.3. The number of hydrogen-bond acceptors (Lipinski definition) is 5. The molecule has 1 fully saturated rings. The molecule has 0 bridgehead atoms. The fourth-order valence-corrected chi connectivity index (χ4v) is 3.97. The third-order valence-electron chi connectivity index (χ3n) is 4.80. The fourth-order valence-electron chi connectivity index (χ4n) is 3.20. The number of carbonyl (C=O) groups excluding carboxylic acids is 1. The van der Waals surface area contributed by atoms with Crippen LogP contribution in [0.2, 0.25) is 5.02 Å². The average Bonchev–Trinajstić information content (AvgIpc) is 2.69. The standard InChI is InChI=1S/C19H21ClFN3O4S/c1-28-18-5-4-15(29(22,26)27)11-16(18)19(25)24-8-6-23(7-9-24)12-13-2-3-14(21)10-17(13)20/h2-5,10-11H,6-9,12H2,1H3,(H2,22,26,27). The molecule has 2 N–H and O–H groups in total. The van der Waals surface area contributed by atoms with E-state index in [4.69, 9.17) is 21.5 Å². The number of halogens is 2. The molecule has 1 saturated heterocycles. The van der Waals surface area contributed by atoms with Crippen LogP contribution in [0.4, 0.5) is 4.39 Å². The summed E-state index contributed by atoms with van der Waals surface area (Å²) in [4.78, 5) is 16.5. The van der Waals surface area contributed by atoms with E-state index in [1.54, 1.807) is 11.0 Å². The highest BCUT2D eigenvalue weighted by molar-refractivity contribution is 7.89. The van der Waals surface area contributed by atoms with Gasteiger partial charge in [-0.3, -0.25) is 9.69 Å². The Kier molecular flexibility index (Phi) is 6.42. The maximum atomic E-state index is 13.2. The molecule has 1 aliphatic rings. The van der Waals surface area contributed by atoms with Crippen LogP contribution in [0.25, 0.3) is 0 Å². The monoisotopic (exact) mass is 441 g/mol. The molecule has 2 aromatic rings. The van der Waals surface area contributed by atoms with Crippen molar-refractivity contribution in [2.24, 2.45) is 5.14 Å². The molecule has 156 valence electrons. The number of carbonyl (C=O) groups is 1. The van der Waals surface area contributed by atoms with Gasteiger partial charge in [0, 0.05) is 37.7 Å². The van der Waals surface area contributed by atoms with E-state index in [0.29, 0.717) is 37.7 Å². The van der Waals surface area contributed by atoms with Gasteiger partial charge in [0.15, 0.2) is 0 Å². The molecule has 0 saturated carbocycles. The lowest BCUT2D eigenvalue weighted by Gasteiger charge is -2.35. The first-order valence-corrected chi connectivity index (χ1v) is 10.8. The van der Waals surface area contributed by atoms with Gasteiger partial charge in [0.25, 0.3) is 5.91 Å². The Bertz CT molecular complexity index is 1020. The van der Waals surface area contributed by atoms with Gasteiger partial charge in [-0.2, -0.15) is 0 Å². The number of piperazine rings is 1. The van der Waals surface area contributed by atoms with Crippen molar-refractivity contribution >= 4 is 27.5 Å². The predicted octanol–water partition coefficient (Wildman–Crippen LogP) is 2.09. The summed E-state index contributed by atoms with van der Waals surface area (Å²) in [5, 5.41) is 5.54. The molecular formula is C19H21ClFN3O4S. The molecule has 29 heavy (non-hydrogen) atoms. The smallest absolute Gasteiger partial charge is 0.257 e. The zero-order valence-electron chi connectivity index (χ0n) is 15.8. The Hall–Kier alpha value is -2.20. The Morgan fingerprint density at radius 1 is 1.17 bits per heavy atom. The lowest BCUT2D eigenvalue weighted by atomic mass is 10.1. The first-order chi connectivity index (χ1) is 13.7. The summed E-state index contributed by atoms with van der Waals surface area (Å²) in [6.07, 6.45) is 0. The van der Waals surface area contributed by atoms with Crippen LogP contribution in [-0.2, 0) is 16.6 Å². The Balaban J connectivity index is 1.70. The second kappa shape index (κ2) is 8.66. The van der Waals surface area contributed by atoms with E-state index < -0.39 is 10.0 Å². The quantitative estimate of drug-likeness (QED) is 0.767. The molecule has 7 nitrogen and oxygen atoms in total. The lowest BCUT2D eigenvalue weighted by molar-refractivity contribution is 0.0625. The van der Waals surface area contributed by atoms with Crippen LogP contribution in [0.3, 0.4) is 0 Å². The molecule has 0 spiro atoms. The van der Waals surface area contributed by atoms with E-state index in [-0.39, 0.29) is 27.9 Å². The van der Waals surface area contributed by atoms with E-state index in [1.165, 1.54) is 37.4 Å². The van der Waals surface area contributed by atoms with Crippen molar-refractivity contribution in [3.05, 3.63) is 58.4 Å². The Labute approximate surface area is 173 Å². The van der Waals surface area contributed by atoms with E-state index in [1.807, 2.05) is 0 Å². The number of nitrogens with two attached hydrogens (primary N) is 1. The number of methoxy groups -OCH3 is 1. The molecule has 1 aliphatic heterocycles. The summed E-state index contributed by atoms with van der Waals surface area (Å²) in [5.74, 6) is -0.431. The van der Waals surface area contributed by atoms with Crippen molar-refractivity contribution in [1.82, 2.24) is 9.80 Å². The normalized spacial score (nSPS) is 15.4. The van der Waals surface area contributed by atoms with Gasteiger partial charge in [0.1, 0.15) is 11.6 Å². The number of ether oxygens (including phenoxy) is 1. The molecule has 0 radical (unpaired) electrons. The summed E-state index contributed by atoms with van der Waals surface area (Å²) < 4.78 is 41.6. The van der Waals surface area contributed by atoms with Crippen LogP contribution in [0.15, 0.2) is 41.3 Å². The lowest BCUT2D eigenvalue weighted by Crippen LogP contribution is -2.48. The molecule has 3 rings (SSSR count). The van der Waals surface area contributed by atoms with Gasteiger partial charge in [-0.1, -0.05) is 17.7 Å². The maximum absolute atomic E-state index is 13.2. The van der Waals surface area contributed by atoms with Gasteiger partial charge in [-0.05, 0) is 35.9 Å². The van der Waals surface area contributed by atoms with E-state index in [9.17, 15) is 17.6 Å². The summed E-state index contributed by atoms with van der Waals surface area (Å²) >= 11 is 6.09. The molecule has 10 heteroatoms. The second-order valence-corrected chi connectivity index (χ2v) is 8.68. The topological polar surface area (TPSA) is 92.9 Å². The highest BCUT2D eigenvalue weighted by Crippen LogP contribution is 2.25. The molecule has 0 aliphatic carbocycles. The largest absolute Gasteiger partial charge is 0.496 e. The third-order valence-corrected chi connectivity index (χ3v) is 6.06. The molecule has 2 aromatic carbocycles. The van der Waals surface area contributed by atoms with Gasteiger partial charge < -0.3 is 9.64 Å². The van der Waals surface area contributed by atoms with Gasteiger partial charge in [-0.25, -0.2) is 17.9 Å². The van der Waals surface area contributed by atoms with Crippen molar-refractivity contribution in [1.29, 1.82) is 0 Å². The maximum Gasteiger partial charge on any atom is 0.257 e. The second-order valence-electron chi connectivity index (χ2n) is 6.71. The predicted molar refractivity (Wildman–Crippen MR) is 107 cm³/mol. The number of benzene rings is 2. The van der Waals surface area contributed by atoms with Crippen LogP contribution in [-0.4, -0.2) is 57.4 Å². The average molecular weight is 442 g/mol.